The van der Waals surface area contributed by atoms with E-state index in [2.05, 4.69) is 118 Å². The fourth-order valence-corrected chi connectivity index (χ4v) is 9.68. The van der Waals surface area contributed by atoms with Gasteiger partial charge in [0.15, 0.2) is 0 Å². The molecular weight excluding hydrogens is 841 g/mol. The molecule has 4 aromatic heterocycles. The van der Waals surface area contributed by atoms with Crippen molar-refractivity contribution in [3.8, 4) is 22.6 Å². The van der Waals surface area contributed by atoms with Crippen LogP contribution in [0.2, 0.25) is 17.3 Å². The first-order chi connectivity index (χ1) is 22.9. The second-order valence-electron chi connectivity index (χ2n) is 14.7. The third kappa shape index (κ3) is 7.77. The molecule has 0 saturated carbocycles. The van der Waals surface area contributed by atoms with Crippen molar-refractivity contribution < 1.29 is 24.5 Å². The van der Waals surface area contributed by atoms with Gasteiger partial charge in [0.2, 0.25) is 5.71 Å². The van der Waals surface area contributed by atoms with Crippen LogP contribution >= 0.6 is 0 Å². The predicted molar refractivity (Wildman–Crippen MR) is 204 cm³/mol. The molecule has 0 N–H and O–H groups in total. The summed E-state index contributed by atoms with van der Waals surface area (Å²) in [5.74, 6) is 9.23. The Morgan fingerprint density at radius 2 is 1.57 bits per heavy atom. The molecule has 0 amide bonds. The number of aromatic nitrogens is 4. The summed E-state index contributed by atoms with van der Waals surface area (Å²) in [6.45, 7) is 13.2. The van der Waals surface area contributed by atoms with Crippen LogP contribution in [-0.2, 0) is 26.5 Å². The zero-order valence-corrected chi connectivity index (χ0v) is 34.5. The molecule has 7 heteroatoms. The molecule has 0 aliphatic carbocycles. The van der Waals surface area contributed by atoms with E-state index in [1.54, 1.807) is 4.40 Å². The third-order valence-electron chi connectivity index (χ3n) is 8.66. The first-order valence-electron chi connectivity index (χ1n) is 17.1. The number of furan rings is 1. The van der Waals surface area contributed by atoms with Gasteiger partial charge in [0.1, 0.15) is 0 Å². The summed E-state index contributed by atoms with van der Waals surface area (Å²) in [7, 11) is 0. The number of para-hydroxylation sites is 2. The summed E-state index contributed by atoms with van der Waals surface area (Å²) in [6, 6.07) is 33.7. The van der Waals surface area contributed by atoms with E-state index < -0.39 is 13.3 Å². The van der Waals surface area contributed by atoms with Crippen molar-refractivity contribution in [3.63, 3.8) is 0 Å². The molecule has 0 aliphatic heterocycles. The van der Waals surface area contributed by atoms with Gasteiger partial charge >= 0.3 is 126 Å². The molecule has 0 spiro atoms. The standard InChI is InChI=1S/C24H22N3O.C18H24GeN.Ir/c1-14(2)19-13-12-17-16-8-7-9-18(22(16)28-24(17)26-19)23-25-20-10-5-6-11-21(20)27(23)15(3)4;1-14(2)11-16-12-18(15-9-7-6-8-10-15)20-13-17(16)19(3,4)5;/h5-8,10-15H,1-4H3;6-9,12-14H,11H2,1-5H3;/q2*-1;. The van der Waals surface area contributed by atoms with Crippen LogP contribution < -0.4 is 4.40 Å². The van der Waals surface area contributed by atoms with Crippen LogP contribution in [-0.4, -0.2) is 32.8 Å². The molecule has 3 aromatic carbocycles. The van der Waals surface area contributed by atoms with E-state index in [9.17, 15) is 0 Å². The zero-order valence-electron chi connectivity index (χ0n) is 30.1. The largest absolute Gasteiger partial charge is 0.486 e. The van der Waals surface area contributed by atoms with Gasteiger partial charge in [0, 0.05) is 37.2 Å². The fraction of sp³-hybridized carbons (Fsp3) is 0.310. The van der Waals surface area contributed by atoms with Gasteiger partial charge in [-0.05, 0) is 44.0 Å². The molecule has 49 heavy (non-hydrogen) atoms. The maximum atomic E-state index is 6.26. The summed E-state index contributed by atoms with van der Waals surface area (Å²) in [4.78, 5) is 14.4. The summed E-state index contributed by atoms with van der Waals surface area (Å²) in [5.41, 5.74) is 9.12. The van der Waals surface area contributed by atoms with Crippen molar-refractivity contribution in [2.24, 2.45) is 5.92 Å². The molecular formula is C42H46GeIrN4O-2. The smallest absolute Gasteiger partial charge is 0.216 e. The first-order valence-corrected chi connectivity index (χ1v) is 24.4. The van der Waals surface area contributed by atoms with E-state index in [-0.39, 0.29) is 26.1 Å². The Balaban J connectivity index is 0.000000199. The Morgan fingerprint density at radius 1 is 0.816 bits per heavy atom. The van der Waals surface area contributed by atoms with Crippen molar-refractivity contribution in [1.82, 2.24) is 19.5 Å². The Hall–Kier alpha value is -3.58. The second kappa shape index (κ2) is 15.1. The number of fused-ring (bicyclic) bond motifs is 4. The molecule has 0 unspecified atom stereocenters. The number of nitrogens with zero attached hydrogens (tertiary/aromatic N) is 4. The maximum Gasteiger partial charge on any atom is 0.216 e. The van der Waals surface area contributed by atoms with Crippen LogP contribution in [0.25, 0.3) is 55.7 Å². The number of imidazole rings is 1. The molecule has 255 valence electrons. The van der Waals surface area contributed by atoms with Gasteiger partial charge in [0.25, 0.3) is 0 Å². The van der Waals surface area contributed by atoms with Gasteiger partial charge in [-0.2, -0.15) is 0 Å². The van der Waals surface area contributed by atoms with Gasteiger partial charge < -0.3 is 8.98 Å². The van der Waals surface area contributed by atoms with Crippen LogP contribution in [0, 0.1) is 18.1 Å². The van der Waals surface area contributed by atoms with Crippen LogP contribution in [0.15, 0.2) is 89.5 Å². The Labute approximate surface area is 307 Å². The molecule has 1 radical (unpaired) electrons. The van der Waals surface area contributed by atoms with E-state index in [1.807, 2.05) is 42.5 Å². The molecule has 0 aliphatic rings. The molecule has 5 nitrogen and oxygen atoms in total. The molecule has 0 saturated heterocycles. The number of hydrogen-bond donors (Lipinski definition) is 0. The van der Waals surface area contributed by atoms with Gasteiger partial charge in [-0.3, -0.25) is 4.98 Å². The van der Waals surface area contributed by atoms with Crippen molar-refractivity contribution in [2.75, 3.05) is 0 Å². The van der Waals surface area contributed by atoms with Crippen molar-refractivity contribution >= 4 is 50.8 Å². The number of pyridine rings is 2. The fourth-order valence-electron chi connectivity index (χ4n) is 6.35. The van der Waals surface area contributed by atoms with Crippen molar-refractivity contribution in [2.45, 2.75) is 77.2 Å². The Morgan fingerprint density at radius 3 is 2.24 bits per heavy atom. The quantitative estimate of drug-likeness (QED) is 0.118. The second-order valence-corrected chi connectivity index (χ2v) is 25.3. The van der Waals surface area contributed by atoms with E-state index in [0.29, 0.717) is 17.5 Å². The van der Waals surface area contributed by atoms with Crippen LogP contribution in [0.3, 0.4) is 0 Å². The summed E-state index contributed by atoms with van der Waals surface area (Å²) < 4.78 is 10.1. The minimum Gasteiger partial charge on any atom is -0.486 e. The van der Waals surface area contributed by atoms with Gasteiger partial charge in [-0.15, -0.1) is 18.2 Å². The number of hydrogen-bond acceptors (Lipinski definition) is 4. The topological polar surface area (TPSA) is 56.7 Å². The van der Waals surface area contributed by atoms with Gasteiger partial charge in [-0.25, -0.2) is 4.98 Å². The molecule has 7 aromatic rings. The predicted octanol–water partition coefficient (Wildman–Crippen LogP) is 10.8. The van der Waals surface area contributed by atoms with Crippen LogP contribution in [0.4, 0.5) is 0 Å². The molecule has 0 fully saturated rings. The first kappa shape index (κ1) is 36.7. The maximum absolute atomic E-state index is 6.26. The average molecular weight is 888 g/mol. The van der Waals surface area contributed by atoms with E-state index in [4.69, 9.17) is 19.4 Å². The summed E-state index contributed by atoms with van der Waals surface area (Å²) in [6.07, 6.45) is 3.27. The van der Waals surface area contributed by atoms with Crippen molar-refractivity contribution in [3.05, 3.63) is 108 Å². The SMILES string of the molecule is CC(C)Cc1cc(-c2[c-]cccc2)nc[c]1[Ge]([CH3])([CH3])[CH3].CC(C)c1ccc2c(n1)oc1c(-c3nc4ccccc4n3C(C)C)[c-]ccc12.[Ir]. The molecule has 7 rings (SSSR count). The zero-order chi connectivity index (χ0) is 34.2. The molecule has 0 atom stereocenters. The summed E-state index contributed by atoms with van der Waals surface area (Å²) in [5, 5.41) is 2.08. The van der Waals surface area contributed by atoms with E-state index in [1.165, 1.54) is 5.56 Å². The summed E-state index contributed by atoms with van der Waals surface area (Å²) >= 11 is -1.86. The average Bonchev–Trinajstić information content (AvgIpc) is 3.63. The molecule has 0 bridgehead atoms. The minimum absolute atomic E-state index is 0. The molecule has 4 heterocycles. The van der Waals surface area contributed by atoms with Crippen molar-refractivity contribution in [1.29, 1.82) is 0 Å². The normalized spacial score (nSPS) is 11.8. The van der Waals surface area contributed by atoms with Gasteiger partial charge in [-0.1, -0.05) is 36.9 Å². The van der Waals surface area contributed by atoms with Crippen LogP contribution in [0.1, 0.15) is 64.8 Å². The minimum atomic E-state index is -1.86. The van der Waals surface area contributed by atoms with Crippen LogP contribution in [0.5, 0.6) is 0 Å². The Bertz CT molecular complexity index is 2190. The van der Waals surface area contributed by atoms with Gasteiger partial charge in [0.05, 0.1) is 22.4 Å². The van der Waals surface area contributed by atoms with E-state index in [0.717, 1.165) is 62.1 Å². The number of benzene rings is 3. The monoisotopic (exact) mass is 889 g/mol. The van der Waals surface area contributed by atoms with E-state index >= 15 is 0 Å². The Kier molecular flexibility index (Phi) is 11.3. The third-order valence-corrected chi connectivity index (χ3v) is 13.0. The number of rotatable bonds is 7.